The molecular weight excluding hydrogens is 450 g/mol. The molecule has 0 amide bonds. The lowest BCUT2D eigenvalue weighted by Crippen LogP contribution is -1.96. The van der Waals surface area contributed by atoms with E-state index in [2.05, 4.69) is 92.4 Å². The van der Waals surface area contributed by atoms with E-state index < -0.39 is 0 Å². The molecule has 3 nitrogen and oxygen atoms in total. The Bertz CT molecular complexity index is 1110. The number of rotatable bonds is 5. The summed E-state index contributed by atoms with van der Waals surface area (Å²) in [6.45, 7) is 4.28. The van der Waals surface area contributed by atoms with Crippen LogP contribution >= 0.6 is 39.0 Å². The molecule has 0 radical (unpaired) electrons. The monoisotopic (exact) mass is 469 g/mol. The summed E-state index contributed by atoms with van der Waals surface area (Å²) >= 11 is 7.00. The molecule has 28 heavy (non-hydrogen) atoms. The maximum atomic E-state index is 4.52. The third-order valence-electron chi connectivity index (χ3n) is 4.65. The van der Waals surface area contributed by atoms with Crippen molar-refractivity contribution in [2.24, 2.45) is 7.05 Å². The number of hydrogen-bond donors (Lipinski definition) is 0. The number of aromatic nitrogens is 3. The fraction of sp³-hybridized carbons (Fsp3) is 0.182. The fourth-order valence-corrected chi connectivity index (χ4v) is 5.31. The molecule has 2 aromatic carbocycles. The Hall–Kier alpha value is -1.89. The van der Waals surface area contributed by atoms with Gasteiger partial charge >= 0.3 is 0 Å². The molecule has 4 aromatic rings. The molecule has 0 aliphatic carbocycles. The van der Waals surface area contributed by atoms with Gasteiger partial charge in [0.2, 0.25) is 0 Å². The van der Waals surface area contributed by atoms with Gasteiger partial charge in [0.15, 0.2) is 11.0 Å². The quantitative estimate of drug-likeness (QED) is 0.298. The third-order valence-corrected chi connectivity index (χ3v) is 7.14. The van der Waals surface area contributed by atoms with Crippen LogP contribution in [0.5, 0.6) is 0 Å². The second-order valence-corrected chi connectivity index (χ2v) is 9.67. The molecule has 0 N–H and O–H groups in total. The van der Waals surface area contributed by atoms with Crippen molar-refractivity contribution < 1.29 is 0 Å². The molecule has 6 heteroatoms. The Labute approximate surface area is 182 Å². The number of hydrogen-bond acceptors (Lipinski definition) is 4. The molecule has 4 rings (SSSR count). The largest absolute Gasteiger partial charge is 0.305 e. The molecule has 0 saturated heterocycles. The minimum atomic E-state index is 0.860. The van der Waals surface area contributed by atoms with Crippen LogP contribution in [-0.2, 0) is 12.8 Å². The van der Waals surface area contributed by atoms with Gasteiger partial charge in [0.25, 0.3) is 0 Å². The van der Waals surface area contributed by atoms with Gasteiger partial charge in [0, 0.05) is 38.7 Å². The second kappa shape index (κ2) is 8.23. The highest BCUT2D eigenvalue weighted by atomic mass is 79.9. The maximum Gasteiger partial charge on any atom is 0.191 e. The molecule has 0 fully saturated rings. The fourth-order valence-electron chi connectivity index (χ4n) is 3.15. The van der Waals surface area contributed by atoms with Gasteiger partial charge in [-0.1, -0.05) is 69.7 Å². The van der Waals surface area contributed by atoms with E-state index >= 15 is 0 Å². The first kappa shape index (κ1) is 19.4. The summed E-state index contributed by atoms with van der Waals surface area (Å²) in [6, 6.07) is 17.1. The van der Waals surface area contributed by atoms with E-state index in [4.69, 9.17) is 0 Å². The molecule has 0 bridgehead atoms. The number of thiophene rings is 1. The van der Waals surface area contributed by atoms with Gasteiger partial charge in [-0.3, -0.25) is 0 Å². The van der Waals surface area contributed by atoms with Crippen LogP contribution in [0.15, 0.2) is 63.5 Å². The Morgan fingerprint density at radius 3 is 2.61 bits per heavy atom. The van der Waals surface area contributed by atoms with Gasteiger partial charge in [-0.2, -0.15) is 0 Å². The zero-order chi connectivity index (χ0) is 19.7. The molecule has 0 aliphatic rings. The molecule has 2 aromatic heterocycles. The topological polar surface area (TPSA) is 30.7 Å². The van der Waals surface area contributed by atoms with Gasteiger partial charge in [-0.25, -0.2) is 0 Å². The standard InChI is InChI=1S/C22H20BrN3S2/c1-14-7-9-17(10-8-14)20-15(2)27-13-19(20)21-24-25-22(26(21)3)28-12-16-5-4-6-18(23)11-16/h4-11,13H,12H2,1-3H3. The van der Waals surface area contributed by atoms with Gasteiger partial charge in [-0.15, -0.1) is 21.5 Å². The van der Waals surface area contributed by atoms with Crippen molar-refractivity contribution in [2.75, 3.05) is 0 Å². The highest BCUT2D eigenvalue weighted by Gasteiger charge is 2.19. The average Bonchev–Trinajstić information content (AvgIpc) is 3.23. The average molecular weight is 470 g/mol. The van der Waals surface area contributed by atoms with E-state index in [1.807, 2.05) is 13.1 Å². The summed E-state index contributed by atoms with van der Waals surface area (Å²) in [7, 11) is 2.05. The predicted molar refractivity (Wildman–Crippen MR) is 123 cm³/mol. The van der Waals surface area contributed by atoms with Crippen LogP contribution in [0.2, 0.25) is 0 Å². The van der Waals surface area contributed by atoms with Crippen LogP contribution in [0.3, 0.4) is 0 Å². The van der Waals surface area contributed by atoms with E-state index in [9.17, 15) is 0 Å². The lowest BCUT2D eigenvalue weighted by Gasteiger charge is -2.08. The normalized spacial score (nSPS) is 11.1. The van der Waals surface area contributed by atoms with Crippen LogP contribution in [0, 0.1) is 13.8 Å². The lowest BCUT2D eigenvalue weighted by molar-refractivity contribution is 0.794. The minimum Gasteiger partial charge on any atom is -0.305 e. The molecule has 2 heterocycles. The smallest absolute Gasteiger partial charge is 0.191 e. The van der Waals surface area contributed by atoms with Gasteiger partial charge in [0.05, 0.1) is 0 Å². The molecule has 0 spiro atoms. The van der Waals surface area contributed by atoms with Crippen molar-refractivity contribution in [3.8, 4) is 22.5 Å². The first-order chi connectivity index (χ1) is 13.5. The van der Waals surface area contributed by atoms with Crippen molar-refractivity contribution in [3.05, 3.63) is 74.4 Å². The number of benzene rings is 2. The summed E-state index contributed by atoms with van der Waals surface area (Å²) in [6.07, 6.45) is 0. The maximum absolute atomic E-state index is 4.52. The Morgan fingerprint density at radius 2 is 1.86 bits per heavy atom. The van der Waals surface area contributed by atoms with Crippen molar-refractivity contribution in [1.82, 2.24) is 14.8 Å². The van der Waals surface area contributed by atoms with Gasteiger partial charge < -0.3 is 4.57 Å². The number of halogens is 1. The number of thioether (sulfide) groups is 1. The second-order valence-electron chi connectivity index (χ2n) is 6.73. The Kier molecular flexibility index (Phi) is 5.71. The van der Waals surface area contributed by atoms with Gasteiger partial charge in [-0.05, 0) is 37.1 Å². The van der Waals surface area contributed by atoms with E-state index in [0.717, 1.165) is 26.8 Å². The Balaban J connectivity index is 1.64. The molecule has 0 unspecified atom stereocenters. The summed E-state index contributed by atoms with van der Waals surface area (Å²) < 4.78 is 3.20. The molecule has 0 aliphatic heterocycles. The lowest BCUT2D eigenvalue weighted by atomic mass is 10.0. The highest BCUT2D eigenvalue weighted by molar-refractivity contribution is 9.10. The van der Waals surface area contributed by atoms with Gasteiger partial charge in [0.1, 0.15) is 0 Å². The molecule has 0 atom stereocenters. The van der Waals surface area contributed by atoms with Crippen molar-refractivity contribution in [3.63, 3.8) is 0 Å². The van der Waals surface area contributed by atoms with E-state index in [0.29, 0.717) is 0 Å². The third kappa shape index (κ3) is 3.95. The molecule has 142 valence electrons. The van der Waals surface area contributed by atoms with Crippen LogP contribution < -0.4 is 0 Å². The van der Waals surface area contributed by atoms with Crippen LogP contribution in [0.4, 0.5) is 0 Å². The first-order valence-electron chi connectivity index (χ1n) is 8.95. The van der Waals surface area contributed by atoms with E-state index in [1.165, 1.54) is 27.1 Å². The van der Waals surface area contributed by atoms with Crippen molar-refractivity contribution >= 4 is 39.0 Å². The zero-order valence-electron chi connectivity index (χ0n) is 15.9. The first-order valence-corrected chi connectivity index (χ1v) is 11.6. The van der Waals surface area contributed by atoms with Crippen LogP contribution in [0.1, 0.15) is 16.0 Å². The van der Waals surface area contributed by atoms with E-state index in [-0.39, 0.29) is 0 Å². The van der Waals surface area contributed by atoms with Crippen LogP contribution in [-0.4, -0.2) is 14.8 Å². The summed E-state index contributed by atoms with van der Waals surface area (Å²) in [5, 5.41) is 12.1. The summed E-state index contributed by atoms with van der Waals surface area (Å²) in [4.78, 5) is 1.30. The summed E-state index contributed by atoms with van der Waals surface area (Å²) in [5.41, 5.74) is 6.16. The molecule has 0 saturated carbocycles. The van der Waals surface area contributed by atoms with E-state index in [1.54, 1.807) is 23.1 Å². The predicted octanol–water partition coefficient (Wildman–Crippen LogP) is 6.88. The Morgan fingerprint density at radius 1 is 1.07 bits per heavy atom. The minimum absolute atomic E-state index is 0.860. The molecular formula is C22H20BrN3S2. The highest BCUT2D eigenvalue weighted by Crippen LogP contribution is 2.39. The number of nitrogens with zero attached hydrogens (tertiary/aromatic N) is 3. The van der Waals surface area contributed by atoms with Crippen LogP contribution in [0.25, 0.3) is 22.5 Å². The SMILES string of the molecule is Cc1ccc(-c2c(-c3nnc(SCc4cccc(Br)c4)n3C)csc2C)cc1. The summed E-state index contributed by atoms with van der Waals surface area (Å²) in [5.74, 6) is 1.77. The van der Waals surface area contributed by atoms with Crippen molar-refractivity contribution in [1.29, 1.82) is 0 Å². The van der Waals surface area contributed by atoms with Crippen molar-refractivity contribution in [2.45, 2.75) is 24.8 Å². The number of aryl methyl sites for hydroxylation is 2. The zero-order valence-corrected chi connectivity index (χ0v) is 19.2.